The summed E-state index contributed by atoms with van der Waals surface area (Å²) in [6, 6.07) is 12.6. The molecule has 0 atom stereocenters. The smallest absolute Gasteiger partial charge is 0.475 e. The number of carbonyl (C=O) groups excluding carboxylic acids is 1. The van der Waals surface area contributed by atoms with E-state index in [2.05, 4.69) is 36.9 Å². The second kappa shape index (κ2) is 14.3. The number of phosphoric acid groups is 1. The Morgan fingerprint density at radius 3 is 2.52 bits per heavy atom. The molecule has 5 rings (SSSR count). The number of nitrogens with one attached hydrogen (secondary N) is 2. The Hall–Kier alpha value is -5.13. The number of phosphoric ester groups is 1. The van der Waals surface area contributed by atoms with Crippen LogP contribution in [0.15, 0.2) is 55.2 Å². The molecule has 0 aliphatic rings. The van der Waals surface area contributed by atoms with Crippen molar-refractivity contribution in [2.45, 2.75) is 27.7 Å². The van der Waals surface area contributed by atoms with Crippen molar-refractivity contribution in [3.63, 3.8) is 0 Å². The first-order valence-electron chi connectivity index (χ1n) is 14.3. The summed E-state index contributed by atoms with van der Waals surface area (Å²) in [6.45, 7) is 6.82. The van der Waals surface area contributed by atoms with Crippen molar-refractivity contribution in [3.05, 3.63) is 66.4 Å². The Kier molecular flexibility index (Phi) is 10.0. The molecule has 0 saturated heterocycles. The van der Waals surface area contributed by atoms with Crippen LogP contribution in [0.1, 0.15) is 31.9 Å². The zero-order valence-electron chi connectivity index (χ0n) is 25.5. The van der Waals surface area contributed by atoms with E-state index in [1.807, 2.05) is 13.0 Å². The summed E-state index contributed by atoms with van der Waals surface area (Å²) in [5, 5.41) is 24.4. The van der Waals surface area contributed by atoms with Gasteiger partial charge in [-0.15, -0.1) is 10.2 Å². The molecule has 2 aromatic carbocycles. The van der Waals surface area contributed by atoms with E-state index < -0.39 is 20.3 Å². The lowest BCUT2D eigenvalue weighted by Crippen LogP contribution is -2.19. The Morgan fingerprint density at radius 2 is 1.80 bits per heavy atom. The Bertz CT molecular complexity index is 1970. The number of fused-ring (bicyclic) bond motifs is 2. The van der Waals surface area contributed by atoms with Gasteiger partial charge in [-0.2, -0.15) is 5.26 Å². The van der Waals surface area contributed by atoms with Gasteiger partial charge in [0.25, 0.3) is 5.91 Å². The number of ether oxygens (including phenoxy) is 2. The highest BCUT2D eigenvalue weighted by molar-refractivity contribution is 7.48. The summed E-state index contributed by atoms with van der Waals surface area (Å²) < 4.78 is 41.5. The molecule has 0 fully saturated rings. The fraction of sp³-hybridized carbons (Fsp3) is 0.267. The number of aryl methyl sites for hydroxylation is 1. The van der Waals surface area contributed by atoms with Gasteiger partial charge in [0.2, 0.25) is 5.88 Å². The van der Waals surface area contributed by atoms with Gasteiger partial charge in [0, 0.05) is 29.4 Å². The number of hydrogen-bond acceptors (Lipinski definition) is 13. The first-order valence-corrected chi connectivity index (χ1v) is 15.8. The molecule has 0 bridgehead atoms. The van der Waals surface area contributed by atoms with Crippen LogP contribution in [0.2, 0.25) is 0 Å². The maximum atomic E-state index is 12.9. The zero-order chi connectivity index (χ0) is 32.7. The van der Waals surface area contributed by atoms with Crippen LogP contribution in [0.3, 0.4) is 0 Å². The number of nitriles is 1. The first-order chi connectivity index (χ1) is 22.2. The Labute approximate surface area is 264 Å². The molecule has 2 N–H and O–H groups in total. The molecule has 238 valence electrons. The van der Waals surface area contributed by atoms with Crippen molar-refractivity contribution in [3.8, 4) is 23.4 Å². The van der Waals surface area contributed by atoms with E-state index in [-0.39, 0.29) is 18.8 Å². The molecule has 0 saturated carbocycles. The maximum absolute atomic E-state index is 12.9. The summed E-state index contributed by atoms with van der Waals surface area (Å²) in [5.74, 6) is 0.663. The number of aromatic nitrogens is 5. The van der Waals surface area contributed by atoms with Crippen molar-refractivity contribution in [1.29, 1.82) is 5.26 Å². The topological polar surface area (TPSA) is 184 Å². The average molecular weight is 647 g/mol. The molecular weight excluding hydrogens is 615 g/mol. The van der Waals surface area contributed by atoms with Gasteiger partial charge in [0.15, 0.2) is 5.65 Å². The lowest BCUT2D eigenvalue weighted by Gasteiger charge is -2.18. The molecule has 0 aliphatic carbocycles. The highest BCUT2D eigenvalue weighted by Gasteiger charge is 2.27. The molecule has 1 amide bonds. The zero-order valence-corrected chi connectivity index (χ0v) is 26.4. The van der Waals surface area contributed by atoms with E-state index in [0.717, 1.165) is 5.56 Å². The summed E-state index contributed by atoms with van der Waals surface area (Å²) in [4.78, 5) is 21.6. The number of anilines is 3. The number of amides is 1. The molecule has 15 nitrogen and oxygen atoms in total. The van der Waals surface area contributed by atoms with E-state index in [9.17, 15) is 14.6 Å². The minimum absolute atomic E-state index is 0.0782. The molecule has 16 heteroatoms. The van der Waals surface area contributed by atoms with Crippen LogP contribution in [0.4, 0.5) is 17.1 Å². The average Bonchev–Trinajstić information content (AvgIpc) is 3.50. The van der Waals surface area contributed by atoms with Gasteiger partial charge in [-0.05, 0) is 57.5 Å². The van der Waals surface area contributed by atoms with Gasteiger partial charge >= 0.3 is 7.82 Å². The molecule has 3 aromatic heterocycles. The third kappa shape index (κ3) is 7.39. The Morgan fingerprint density at radius 1 is 1.00 bits per heavy atom. The van der Waals surface area contributed by atoms with Gasteiger partial charge < -0.3 is 20.1 Å². The number of hydrogen-bond donors (Lipinski definition) is 2. The van der Waals surface area contributed by atoms with Crippen molar-refractivity contribution in [1.82, 2.24) is 24.6 Å². The van der Waals surface area contributed by atoms with E-state index in [1.54, 1.807) is 68.2 Å². The fourth-order valence-electron chi connectivity index (χ4n) is 4.43. The van der Waals surface area contributed by atoms with Gasteiger partial charge in [-0.1, -0.05) is 0 Å². The van der Waals surface area contributed by atoms with Gasteiger partial charge in [0.1, 0.15) is 36.8 Å². The summed E-state index contributed by atoms with van der Waals surface area (Å²) in [5.41, 5.74) is 3.62. The van der Waals surface area contributed by atoms with E-state index in [1.165, 1.54) is 6.20 Å². The minimum atomic E-state index is -3.90. The first kappa shape index (κ1) is 32.3. The highest BCUT2D eigenvalue weighted by atomic mass is 31.2. The lowest BCUT2D eigenvalue weighted by molar-refractivity contribution is -0.118. The fourth-order valence-corrected chi connectivity index (χ4v) is 5.56. The maximum Gasteiger partial charge on any atom is 0.475 e. The number of rotatable bonds is 14. The SMILES string of the molecule is CCOc1cc2ncc(C#N)c(Nc3ccc(Oc4cc5nncn5cn4)c(C)c3)c2cc1NC(=O)COP(=O)(OCC)OCC. The quantitative estimate of drug-likeness (QED) is 0.136. The second-order valence-electron chi connectivity index (χ2n) is 9.59. The van der Waals surface area contributed by atoms with Crippen LogP contribution < -0.4 is 20.1 Å². The van der Waals surface area contributed by atoms with Gasteiger partial charge in [-0.25, -0.2) is 9.55 Å². The largest absolute Gasteiger partial charge is 0.492 e. The van der Waals surface area contributed by atoms with Crippen LogP contribution in [0.5, 0.6) is 17.4 Å². The van der Waals surface area contributed by atoms with Crippen molar-refractivity contribution < 1.29 is 32.4 Å². The van der Waals surface area contributed by atoms with Crippen LogP contribution in [0, 0.1) is 18.3 Å². The number of benzene rings is 2. The predicted octanol–water partition coefficient (Wildman–Crippen LogP) is 5.92. The van der Waals surface area contributed by atoms with Crippen molar-refractivity contribution >= 4 is 47.3 Å². The number of carbonyl (C=O) groups is 1. The third-order valence-electron chi connectivity index (χ3n) is 6.41. The lowest BCUT2D eigenvalue weighted by atomic mass is 10.1. The van der Waals surface area contributed by atoms with Gasteiger partial charge in [0.05, 0.1) is 42.3 Å². The van der Waals surface area contributed by atoms with Crippen molar-refractivity contribution in [2.75, 3.05) is 37.1 Å². The van der Waals surface area contributed by atoms with Crippen LogP contribution in [0.25, 0.3) is 16.6 Å². The number of pyridine rings is 1. The minimum Gasteiger partial charge on any atom is -0.492 e. The molecule has 0 radical (unpaired) electrons. The standard InChI is InChI=1S/C30H31N8O7P/c1-5-41-26-12-23-22(11-24(26)36-28(39)16-44-46(40,42-6-2)43-7-3)30(20(14-31)15-32-23)35-21-8-9-25(19(4)10-21)45-29-13-27-37-34-18-38(27)17-33-29/h8-13,15,17-18H,5-7,16H2,1-4H3,(H,32,35)(H,36,39). The van der Waals surface area contributed by atoms with Gasteiger partial charge in [-0.3, -0.25) is 27.8 Å². The molecule has 46 heavy (non-hydrogen) atoms. The van der Waals surface area contributed by atoms with Crippen LogP contribution >= 0.6 is 7.82 Å². The Balaban J connectivity index is 1.42. The molecule has 3 heterocycles. The molecule has 5 aromatic rings. The molecular formula is C30H31N8O7P. The van der Waals surface area contributed by atoms with Crippen LogP contribution in [-0.4, -0.2) is 56.9 Å². The highest BCUT2D eigenvalue weighted by Crippen LogP contribution is 2.49. The third-order valence-corrected chi connectivity index (χ3v) is 8.01. The summed E-state index contributed by atoms with van der Waals surface area (Å²) in [7, 11) is -3.90. The van der Waals surface area contributed by atoms with E-state index in [0.29, 0.717) is 57.6 Å². The number of nitrogens with zero attached hydrogens (tertiary/aromatic N) is 6. The van der Waals surface area contributed by atoms with E-state index in [4.69, 9.17) is 23.0 Å². The predicted molar refractivity (Wildman–Crippen MR) is 168 cm³/mol. The summed E-state index contributed by atoms with van der Waals surface area (Å²) in [6.07, 6.45) is 4.57. The van der Waals surface area contributed by atoms with E-state index >= 15 is 0 Å². The molecule has 0 unspecified atom stereocenters. The molecule has 0 spiro atoms. The summed E-state index contributed by atoms with van der Waals surface area (Å²) >= 11 is 0. The molecule has 0 aliphatic heterocycles. The monoisotopic (exact) mass is 646 g/mol. The normalized spacial score (nSPS) is 11.4. The second-order valence-corrected chi connectivity index (χ2v) is 11.3. The van der Waals surface area contributed by atoms with Crippen LogP contribution in [-0.2, 0) is 22.9 Å². The van der Waals surface area contributed by atoms with Crippen molar-refractivity contribution in [2.24, 2.45) is 0 Å².